The maximum Gasteiger partial charge on any atom is 0.270 e. The number of carbonyl (C=O) groups is 1. The summed E-state index contributed by atoms with van der Waals surface area (Å²) in [6.45, 7) is 3.82. The molecule has 0 spiro atoms. The molecule has 0 saturated carbocycles. The van der Waals surface area contributed by atoms with E-state index in [0.29, 0.717) is 12.4 Å². The summed E-state index contributed by atoms with van der Waals surface area (Å²) in [7, 11) is 1.73. The SMILES string of the molecule is CN1C(=O)C(C)(C)Oc2ccc(CON)cc21. The van der Waals surface area contributed by atoms with Gasteiger partial charge >= 0.3 is 0 Å². The Balaban J connectivity index is 2.43. The molecule has 0 atom stereocenters. The molecule has 2 rings (SSSR count). The molecule has 0 radical (unpaired) electrons. The van der Waals surface area contributed by atoms with Crippen molar-refractivity contribution in [2.75, 3.05) is 11.9 Å². The van der Waals surface area contributed by atoms with Crippen LogP contribution in [0, 0.1) is 0 Å². The first kappa shape index (κ1) is 11.9. The van der Waals surface area contributed by atoms with Crippen molar-refractivity contribution in [3.8, 4) is 5.75 Å². The highest BCUT2D eigenvalue weighted by Gasteiger charge is 2.39. The van der Waals surface area contributed by atoms with Gasteiger partial charge in [-0.1, -0.05) is 6.07 Å². The highest BCUT2D eigenvalue weighted by Crippen LogP contribution is 2.37. The van der Waals surface area contributed by atoms with E-state index in [1.54, 1.807) is 25.8 Å². The van der Waals surface area contributed by atoms with Crippen LogP contribution in [0.25, 0.3) is 0 Å². The molecule has 5 heteroatoms. The maximum absolute atomic E-state index is 12.0. The maximum atomic E-state index is 12.0. The zero-order chi connectivity index (χ0) is 12.6. The van der Waals surface area contributed by atoms with Crippen LogP contribution in [0.1, 0.15) is 19.4 Å². The highest BCUT2D eigenvalue weighted by atomic mass is 16.6. The monoisotopic (exact) mass is 236 g/mol. The van der Waals surface area contributed by atoms with Crippen molar-refractivity contribution in [1.29, 1.82) is 0 Å². The number of ether oxygens (including phenoxy) is 1. The fourth-order valence-corrected chi connectivity index (χ4v) is 1.93. The normalized spacial score (nSPS) is 17.6. The Bertz CT molecular complexity index is 457. The molecule has 1 aliphatic rings. The first-order valence-corrected chi connectivity index (χ1v) is 5.37. The Morgan fingerprint density at radius 1 is 1.47 bits per heavy atom. The summed E-state index contributed by atoms with van der Waals surface area (Å²) in [6, 6.07) is 5.54. The van der Waals surface area contributed by atoms with Crippen molar-refractivity contribution in [1.82, 2.24) is 0 Å². The minimum atomic E-state index is -0.826. The number of benzene rings is 1. The summed E-state index contributed by atoms with van der Waals surface area (Å²) in [5.41, 5.74) is 0.811. The third kappa shape index (κ3) is 1.99. The molecule has 1 aromatic rings. The standard InChI is InChI=1S/C12H16N2O3/c1-12(2)11(15)14(3)9-6-8(7-16-13)4-5-10(9)17-12/h4-6H,7,13H2,1-3H3. The van der Waals surface area contributed by atoms with E-state index in [4.69, 9.17) is 10.6 Å². The van der Waals surface area contributed by atoms with Crippen LogP contribution in [0.3, 0.4) is 0 Å². The van der Waals surface area contributed by atoms with Crippen LogP contribution >= 0.6 is 0 Å². The van der Waals surface area contributed by atoms with E-state index in [1.165, 1.54) is 0 Å². The Kier molecular flexibility index (Phi) is 2.81. The number of hydrogen-bond acceptors (Lipinski definition) is 4. The van der Waals surface area contributed by atoms with Gasteiger partial charge in [0.15, 0.2) is 5.60 Å². The molecule has 1 aromatic carbocycles. The number of anilines is 1. The van der Waals surface area contributed by atoms with Gasteiger partial charge in [0.2, 0.25) is 0 Å². The lowest BCUT2D eigenvalue weighted by molar-refractivity contribution is -0.132. The van der Waals surface area contributed by atoms with Crippen molar-refractivity contribution < 1.29 is 14.4 Å². The number of fused-ring (bicyclic) bond motifs is 1. The van der Waals surface area contributed by atoms with E-state index in [2.05, 4.69) is 4.84 Å². The molecule has 0 unspecified atom stereocenters. The van der Waals surface area contributed by atoms with Crippen molar-refractivity contribution in [3.63, 3.8) is 0 Å². The number of carbonyl (C=O) groups excluding carboxylic acids is 1. The minimum absolute atomic E-state index is 0.0733. The van der Waals surface area contributed by atoms with Crippen LogP contribution in [-0.4, -0.2) is 18.6 Å². The molecule has 0 aromatic heterocycles. The molecular weight excluding hydrogens is 220 g/mol. The summed E-state index contributed by atoms with van der Waals surface area (Å²) in [4.78, 5) is 18.2. The van der Waals surface area contributed by atoms with Crippen LogP contribution in [0.4, 0.5) is 5.69 Å². The predicted molar refractivity (Wildman–Crippen MR) is 63.5 cm³/mol. The van der Waals surface area contributed by atoms with Crippen LogP contribution < -0.4 is 15.5 Å². The lowest BCUT2D eigenvalue weighted by Gasteiger charge is -2.37. The fourth-order valence-electron chi connectivity index (χ4n) is 1.93. The summed E-state index contributed by atoms with van der Waals surface area (Å²) in [5.74, 6) is 5.65. The molecule has 1 amide bonds. The summed E-state index contributed by atoms with van der Waals surface area (Å²) in [5, 5.41) is 0. The van der Waals surface area contributed by atoms with E-state index in [0.717, 1.165) is 11.3 Å². The molecule has 0 saturated heterocycles. The summed E-state index contributed by atoms with van der Waals surface area (Å²) < 4.78 is 5.67. The van der Waals surface area contributed by atoms with Gasteiger partial charge in [-0.3, -0.25) is 9.63 Å². The van der Waals surface area contributed by atoms with Gasteiger partial charge in [0, 0.05) is 7.05 Å². The van der Waals surface area contributed by atoms with Gasteiger partial charge in [0.1, 0.15) is 5.75 Å². The smallest absolute Gasteiger partial charge is 0.270 e. The van der Waals surface area contributed by atoms with Crippen LogP contribution in [0.2, 0.25) is 0 Å². The second-order valence-corrected chi connectivity index (χ2v) is 4.59. The van der Waals surface area contributed by atoms with Crippen molar-refractivity contribution in [3.05, 3.63) is 23.8 Å². The molecule has 1 aliphatic heterocycles. The zero-order valence-corrected chi connectivity index (χ0v) is 10.2. The molecule has 92 valence electrons. The van der Waals surface area contributed by atoms with Crippen molar-refractivity contribution in [2.24, 2.45) is 5.90 Å². The third-order valence-electron chi connectivity index (χ3n) is 2.82. The quantitative estimate of drug-likeness (QED) is 0.784. The predicted octanol–water partition coefficient (Wildman–Crippen LogP) is 1.21. The van der Waals surface area contributed by atoms with Crippen molar-refractivity contribution >= 4 is 11.6 Å². The summed E-state index contributed by atoms with van der Waals surface area (Å²) >= 11 is 0. The number of rotatable bonds is 2. The van der Waals surface area contributed by atoms with Gasteiger partial charge in [-0.05, 0) is 31.5 Å². The fraction of sp³-hybridized carbons (Fsp3) is 0.417. The average molecular weight is 236 g/mol. The topological polar surface area (TPSA) is 64.8 Å². The molecular formula is C12H16N2O3. The zero-order valence-electron chi connectivity index (χ0n) is 10.2. The number of amides is 1. The van der Waals surface area contributed by atoms with E-state index in [-0.39, 0.29) is 5.91 Å². The molecule has 1 heterocycles. The molecule has 5 nitrogen and oxygen atoms in total. The Labute approximate surface area is 100 Å². The minimum Gasteiger partial charge on any atom is -0.476 e. The molecule has 0 aliphatic carbocycles. The Hall–Kier alpha value is -1.59. The van der Waals surface area contributed by atoms with Gasteiger partial charge in [-0.25, -0.2) is 5.90 Å². The molecule has 0 bridgehead atoms. The van der Waals surface area contributed by atoms with Gasteiger partial charge in [0.25, 0.3) is 5.91 Å². The first-order chi connectivity index (χ1) is 7.95. The van der Waals surface area contributed by atoms with E-state index in [1.807, 2.05) is 18.2 Å². The Morgan fingerprint density at radius 3 is 2.82 bits per heavy atom. The molecule has 0 fully saturated rings. The van der Waals surface area contributed by atoms with Gasteiger partial charge in [-0.15, -0.1) is 0 Å². The van der Waals surface area contributed by atoms with E-state index in [9.17, 15) is 4.79 Å². The lowest BCUT2D eigenvalue weighted by atomic mass is 10.0. The third-order valence-corrected chi connectivity index (χ3v) is 2.82. The second-order valence-electron chi connectivity index (χ2n) is 4.59. The highest BCUT2D eigenvalue weighted by molar-refractivity contribution is 6.01. The first-order valence-electron chi connectivity index (χ1n) is 5.37. The number of nitrogens with zero attached hydrogens (tertiary/aromatic N) is 1. The Morgan fingerprint density at radius 2 is 2.18 bits per heavy atom. The second kappa shape index (κ2) is 4.01. The van der Waals surface area contributed by atoms with Gasteiger partial charge in [-0.2, -0.15) is 0 Å². The van der Waals surface area contributed by atoms with Crippen LogP contribution in [0.5, 0.6) is 5.75 Å². The molecule has 17 heavy (non-hydrogen) atoms. The molecule has 2 N–H and O–H groups in total. The van der Waals surface area contributed by atoms with Crippen molar-refractivity contribution in [2.45, 2.75) is 26.1 Å². The van der Waals surface area contributed by atoms with E-state index >= 15 is 0 Å². The van der Waals surface area contributed by atoms with Gasteiger partial charge in [0.05, 0.1) is 12.3 Å². The lowest BCUT2D eigenvalue weighted by Crippen LogP contribution is -2.50. The number of nitrogens with two attached hydrogens (primary N) is 1. The number of likely N-dealkylation sites (N-methyl/N-ethyl adjacent to an activating group) is 1. The van der Waals surface area contributed by atoms with E-state index < -0.39 is 5.60 Å². The average Bonchev–Trinajstić information content (AvgIpc) is 2.27. The van der Waals surface area contributed by atoms with Gasteiger partial charge < -0.3 is 9.64 Å². The number of hydrogen-bond donors (Lipinski definition) is 1. The van der Waals surface area contributed by atoms with Crippen LogP contribution in [0.15, 0.2) is 18.2 Å². The van der Waals surface area contributed by atoms with Crippen LogP contribution in [-0.2, 0) is 16.2 Å². The summed E-state index contributed by atoms with van der Waals surface area (Å²) in [6.07, 6.45) is 0. The largest absolute Gasteiger partial charge is 0.476 e.